The maximum absolute atomic E-state index is 14.6. The topological polar surface area (TPSA) is 70.7 Å². The van der Waals surface area contributed by atoms with Gasteiger partial charge in [0.25, 0.3) is 5.91 Å². The number of hydrogen-bond acceptors (Lipinski definition) is 4. The minimum atomic E-state index is -0.424. The molecule has 1 fully saturated rings. The summed E-state index contributed by atoms with van der Waals surface area (Å²) in [6.07, 6.45) is 2.05. The van der Waals surface area contributed by atoms with Crippen LogP contribution < -0.4 is 20.3 Å². The minimum Gasteiger partial charge on any atom is -0.484 e. The lowest BCUT2D eigenvalue weighted by atomic mass is 9.99. The highest BCUT2D eigenvalue weighted by atomic mass is 35.5. The predicted molar refractivity (Wildman–Crippen MR) is 111 cm³/mol. The fourth-order valence-electron chi connectivity index (χ4n) is 3.61. The molecule has 2 heterocycles. The van der Waals surface area contributed by atoms with Gasteiger partial charge < -0.3 is 20.3 Å². The Kier molecular flexibility index (Phi) is 6.71. The Morgan fingerprint density at radius 3 is 2.69 bits per heavy atom. The van der Waals surface area contributed by atoms with Gasteiger partial charge in [0.2, 0.25) is 5.91 Å². The quantitative estimate of drug-likeness (QED) is 0.781. The van der Waals surface area contributed by atoms with Gasteiger partial charge in [-0.05, 0) is 60.8 Å². The third kappa shape index (κ3) is 4.68. The summed E-state index contributed by atoms with van der Waals surface area (Å²) in [7, 11) is 0. The molecule has 2 aliphatic rings. The Morgan fingerprint density at radius 1 is 1.17 bits per heavy atom. The number of carbonyl (C=O) groups excluding carboxylic acids is 2. The van der Waals surface area contributed by atoms with E-state index in [2.05, 4.69) is 10.6 Å². The van der Waals surface area contributed by atoms with Gasteiger partial charge in [-0.25, -0.2) is 4.39 Å². The van der Waals surface area contributed by atoms with E-state index in [1.54, 1.807) is 35.2 Å². The van der Waals surface area contributed by atoms with Crippen LogP contribution >= 0.6 is 12.4 Å². The first-order valence-electron chi connectivity index (χ1n) is 9.46. The molecule has 0 atom stereocenters. The third-order valence-corrected chi connectivity index (χ3v) is 5.07. The van der Waals surface area contributed by atoms with Crippen molar-refractivity contribution in [2.75, 3.05) is 29.9 Å². The summed E-state index contributed by atoms with van der Waals surface area (Å²) in [6.45, 7) is 1.87. The summed E-state index contributed by atoms with van der Waals surface area (Å²) in [4.78, 5) is 25.7. The molecule has 2 aliphatic heterocycles. The van der Waals surface area contributed by atoms with Crippen LogP contribution in [0.25, 0.3) is 0 Å². The monoisotopic (exact) mass is 419 g/mol. The molecule has 29 heavy (non-hydrogen) atoms. The van der Waals surface area contributed by atoms with Crippen molar-refractivity contribution in [2.24, 2.45) is 0 Å². The fraction of sp³-hybridized carbons (Fsp3) is 0.333. The van der Waals surface area contributed by atoms with Gasteiger partial charge in [0.05, 0.1) is 5.69 Å². The van der Waals surface area contributed by atoms with Crippen LogP contribution in [-0.4, -0.2) is 31.5 Å². The Labute approximate surface area is 174 Å². The molecule has 2 aromatic carbocycles. The normalized spacial score (nSPS) is 15.5. The average Bonchev–Trinajstić information content (AvgIpc) is 3.15. The maximum Gasteiger partial charge on any atom is 0.262 e. The van der Waals surface area contributed by atoms with Crippen molar-refractivity contribution in [3.63, 3.8) is 0 Å². The van der Waals surface area contributed by atoms with E-state index in [1.165, 1.54) is 0 Å². The number of ether oxygens (including phenoxy) is 1. The molecule has 0 aromatic heterocycles. The number of nitrogens with zero attached hydrogens (tertiary/aromatic N) is 1. The van der Waals surface area contributed by atoms with Crippen LogP contribution in [0.5, 0.6) is 5.75 Å². The van der Waals surface area contributed by atoms with Gasteiger partial charge in [0, 0.05) is 25.2 Å². The second-order valence-corrected chi connectivity index (χ2v) is 6.97. The summed E-state index contributed by atoms with van der Waals surface area (Å²) in [5, 5.41) is 5.78. The third-order valence-electron chi connectivity index (χ3n) is 5.07. The maximum atomic E-state index is 14.6. The fourth-order valence-corrected chi connectivity index (χ4v) is 3.61. The molecule has 1 saturated heterocycles. The van der Waals surface area contributed by atoms with E-state index in [-0.39, 0.29) is 36.4 Å². The molecule has 2 aromatic rings. The zero-order valence-corrected chi connectivity index (χ0v) is 16.7. The smallest absolute Gasteiger partial charge is 0.262 e. The van der Waals surface area contributed by atoms with Crippen molar-refractivity contribution in [1.29, 1.82) is 0 Å². The lowest BCUT2D eigenvalue weighted by Gasteiger charge is -2.19. The highest BCUT2D eigenvalue weighted by Gasteiger charge is 2.21. The van der Waals surface area contributed by atoms with Gasteiger partial charge in [-0.2, -0.15) is 0 Å². The summed E-state index contributed by atoms with van der Waals surface area (Å²) in [6, 6.07) is 10.5. The van der Waals surface area contributed by atoms with Gasteiger partial charge in [-0.15, -0.1) is 12.4 Å². The van der Waals surface area contributed by atoms with Crippen molar-refractivity contribution in [1.82, 2.24) is 5.32 Å². The number of carbonyl (C=O) groups is 2. The lowest BCUT2D eigenvalue weighted by Crippen LogP contribution is -2.26. The van der Waals surface area contributed by atoms with Crippen molar-refractivity contribution in [3.05, 3.63) is 53.3 Å². The van der Waals surface area contributed by atoms with Gasteiger partial charge in [-0.1, -0.05) is 6.07 Å². The summed E-state index contributed by atoms with van der Waals surface area (Å²) in [5.41, 5.74) is 2.58. The molecule has 6 nitrogen and oxygen atoms in total. The lowest BCUT2D eigenvalue weighted by molar-refractivity contribution is -0.118. The first kappa shape index (κ1) is 21.1. The second-order valence-electron chi connectivity index (χ2n) is 6.97. The van der Waals surface area contributed by atoms with Crippen LogP contribution in [0.15, 0.2) is 36.4 Å². The van der Waals surface area contributed by atoms with E-state index in [1.807, 2.05) is 6.07 Å². The highest BCUT2D eigenvalue weighted by molar-refractivity contribution is 5.95. The van der Waals surface area contributed by atoms with Crippen LogP contribution in [-0.2, 0) is 22.6 Å². The van der Waals surface area contributed by atoms with E-state index in [9.17, 15) is 14.0 Å². The molecule has 0 aliphatic carbocycles. The van der Waals surface area contributed by atoms with Crippen molar-refractivity contribution in [3.8, 4) is 5.75 Å². The first-order chi connectivity index (χ1) is 13.6. The highest BCUT2D eigenvalue weighted by Crippen LogP contribution is 2.25. The molecule has 0 bridgehead atoms. The van der Waals surface area contributed by atoms with Gasteiger partial charge in [0.1, 0.15) is 11.6 Å². The number of amides is 2. The van der Waals surface area contributed by atoms with E-state index >= 15 is 0 Å². The second kappa shape index (κ2) is 9.24. The Bertz CT molecular complexity index is 905. The van der Waals surface area contributed by atoms with Crippen LogP contribution in [0.3, 0.4) is 0 Å². The van der Waals surface area contributed by atoms with E-state index in [0.29, 0.717) is 30.7 Å². The molecule has 0 unspecified atom stereocenters. The van der Waals surface area contributed by atoms with E-state index < -0.39 is 5.91 Å². The van der Waals surface area contributed by atoms with Crippen LogP contribution in [0, 0.1) is 5.82 Å². The molecular weight excluding hydrogens is 397 g/mol. The number of halogens is 2. The molecular formula is C21H23ClFN3O3. The average molecular weight is 420 g/mol. The standard InChI is InChI=1S/C21H22FN3O3.ClH/c22-21-17-9-10-23-12-14(17)3-8-18(21)24-19(26)13-28-16-6-4-15(5-7-16)25-11-1-2-20(25)27;/h3-8,23H,1-2,9-13H2,(H,24,26);1H. The molecule has 2 N–H and O–H groups in total. The number of nitrogens with one attached hydrogen (secondary N) is 2. The summed E-state index contributed by atoms with van der Waals surface area (Å²) >= 11 is 0. The molecule has 4 rings (SSSR count). The zero-order chi connectivity index (χ0) is 19.5. The SMILES string of the molecule is Cl.O=C(COc1ccc(N2CCCC2=O)cc1)Nc1ccc2c(c1F)CCNC2. The molecule has 0 radical (unpaired) electrons. The van der Waals surface area contributed by atoms with Gasteiger partial charge in [-0.3, -0.25) is 9.59 Å². The number of rotatable bonds is 5. The molecule has 154 valence electrons. The van der Waals surface area contributed by atoms with Crippen LogP contribution in [0.1, 0.15) is 24.0 Å². The first-order valence-corrected chi connectivity index (χ1v) is 9.46. The zero-order valence-electron chi connectivity index (χ0n) is 15.9. The van der Waals surface area contributed by atoms with E-state index in [0.717, 1.165) is 30.8 Å². The number of fused-ring (bicyclic) bond motifs is 1. The molecule has 8 heteroatoms. The molecule has 0 saturated carbocycles. The number of hydrogen-bond donors (Lipinski definition) is 2. The van der Waals surface area contributed by atoms with Crippen LogP contribution in [0.2, 0.25) is 0 Å². The van der Waals surface area contributed by atoms with E-state index in [4.69, 9.17) is 4.74 Å². The molecule has 2 amide bonds. The number of anilines is 2. The van der Waals surface area contributed by atoms with Gasteiger partial charge >= 0.3 is 0 Å². The Morgan fingerprint density at radius 2 is 1.97 bits per heavy atom. The van der Waals surface area contributed by atoms with Crippen molar-refractivity contribution in [2.45, 2.75) is 25.8 Å². The summed E-state index contributed by atoms with van der Waals surface area (Å²) in [5.74, 6) is -0.156. The van der Waals surface area contributed by atoms with Crippen molar-refractivity contribution < 1.29 is 18.7 Å². The molecule has 0 spiro atoms. The Balaban J connectivity index is 0.00000240. The summed E-state index contributed by atoms with van der Waals surface area (Å²) < 4.78 is 20.1. The predicted octanol–water partition coefficient (Wildman–Crippen LogP) is 3.04. The largest absolute Gasteiger partial charge is 0.484 e. The van der Waals surface area contributed by atoms with Gasteiger partial charge in [0.15, 0.2) is 6.61 Å². The van der Waals surface area contributed by atoms with Crippen LogP contribution in [0.4, 0.5) is 15.8 Å². The number of benzene rings is 2. The Hall–Kier alpha value is -2.64. The minimum absolute atomic E-state index is 0. The van der Waals surface area contributed by atoms with Crippen molar-refractivity contribution >= 4 is 35.6 Å².